The molecule has 0 bridgehead atoms. The van der Waals surface area contributed by atoms with Crippen LogP contribution in [-0.4, -0.2) is 55.2 Å². The Bertz CT molecular complexity index is 569. The van der Waals surface area contributed by atoms with Crippen molar-refractivity contribution >= 4 is 11.6 Å². The molecule has 1 saturated heterocycles. The molecule has 1 aromatic rings. The molecule has 1 saturated carbocycles. The summed E-state index contributed by atoms with van der Waals surface area (Å²) in [7, 11) is 0. The zero-order chi connectivity index (χ0) is 19.3. The average Bonchev–Trinajstić information content (AvgIpc) is 2.65. The minimum Gasteiger partial charge on any atom is -0.395 e. The van der Waals surface area contributed by atoms with Gasteiger partial charge in [-0.1, -0.05) is 30.2 Å². The summed E-state index contributed by atoms with van der Waals surface area (Å²) in [5, 5.41) is 11.0. The van der Waals surface area contributed by atoms with Crippen LogP contribution < -0.4 is 0 Å². The maximum Gasteiger partial charge on any atom is 0.161 e. The normalized spacial score (nSPS) is 25.5. The molecule has 0 radical (unpaired) electrons. The number of nitrogens with zero attached hydrogens (tertiary/aromatic N) is 1. The third-order valence-corrected chi connectivity index (χ3v) is 6.67. The van der Waals surface area contributed by atoms with E-state index >= 15 is 0 Å². The van der Waals surface area contributed by atoms with Gasteiger partial charge in [0.1, 0.15) is 0 Å². The largest absolute Gasteiger partial charge is 0.395 e. The van der Waals surface area contributed by atoms with Gasteiger partial charge in [0.2, 0.25) is 0 Å². The van der Waals surface area contributed by atoms with Crippen molar-refractivity contribution in [3.63, 3.8) is 0 Å². The van der Waals surface area contributed by atoms with Gasteiger partial charge >= 0.3 is 0 Å². The summed E-state index contributed by atoms with van der Waals surface area (Å²) in [6.45, 7) is 7.44. The molecule has 2 aliphatic rings. The molecule has 0 aromatic heterocycles. The summed E-state index contributed by atoms with van der Waals surface area (Å²) in [6, 6.07) is 8.45. The molecule has 0 amide bonds. The number of aliphatic hydroxyl groups excluding tert-OH is 1. The van der Waals surface area contributed by atoms with Gasteiger partial charge in [0, 0.05) is 42.2 Å². The van der Waals surface area contributed by atoms with Crippen molar-refractivity contribution in [2.45, 2.75) is 63.7 Å². The van der Waals surface area contributed by atoms with Crippen molar-refractivity contribution in [2.75, 3.05) is 32.9 Å². The zero-order valence-corrected chi connectivity index (χ0v) is 17.5. The number of ether oxygens (including phenoxy) is 2. The Morgan fingerprint density at radius 3 is 2.33 bits per heavy atom. The highest BCUT2D eigenvalue weighted by Crippen LogP contribution is 2.46. The number of hydrogen-bond acceptors (Lipinski definition) is 4. The van der Waals surface area contributed by atoms with Crippen LogP contribution in [0.4, 0.5) is 0 Å². The van der Waals surface area contributed by atoms with Crippen molar-refractivity contribution in [1.82, 2.24) is 4.90 Å². The SMILES string of the molecule is CCOC(OCC)C1CCCN(CC2(c3ccc(Cl)cc3)CCC2)C1CO. The molecule has 2 fully saturated rings. The van der Waals surface area contributed by atoms with E-state index < -0.39 is 0 Å². The molecule has 2 unspecified atom stereocenters. The van der Waals surface area contributed by atoms with E-state index in [1.54, 1.807) is 0 Å². The summed E-state index contributed by atoms with van der Waals surface area (Å²) in [5.74, 6) is 0.214. The number of aliphatic hydroxyl groups is 1. The van der Waals surface area contributed by atoms with Crippen LogP contribution in [0.1, 0.15) is 51.5 Å². The topological polar surface area (TPSA) is 41.9 Å². The first-order chi connectivity index (χ1) is 13.1. The van der Waals surface area contributed by atoms with E-state index in [0.717, 1.165) is 31.0 Å². The standard InChI is InChI=1S/C22H34ClNO3/c1-3-26-21(27-4-2)19-7-5-14-24(20(19)15-25)16-22(12-6-13-22)17-8-10-18(23)11-9-17/h8-11,19-21,25H,3-7,12-16H2,1-2H3. The molecule has 1 aromatic carbocycles. The van der Waals surface area contributed by atoms with Gasteiger partial charge in [0.25, 0.3) is 0 Å². The van der Waals surface area contributed by atoms with E-state index in [-0.39, 0.29) is 30.3 Å². The summed E-state index contributed by atoms with van der Waals surface area (Å²) in [6.07, 6.45) is 5.61. The summed E-state index contributed by atoms with van der Waals surface area (Å²) in [4.78, 5) is 2.49. The average molecular weight is 396 g/mol. The number of rotatable bonds is 9. The highest BCUT2D eigenvalue weighted by atomic mass is 35.5. The molecule has 0 spiro atoms. The lowest BCUT2D eigenvalue weighted by molar-refractivity contribution is -0.192. The Labute approximate surface area is 168 Å². The van der Waals surface area contributed by atoms with Gasteiger partial charge in [-0.3, -0.25) is 4.90 Å². The van der Waals surface area contributed by atoms with Gasteiger partial charge in [-0.05, 0) is 63.8 Å². The van der Waals surface area contributed by atoms with E-state index in [9.17, 15) is 5.11 Å². The summed E-state index contributed by atoms with van der Waals surface area (Å²) >= 11 is 6.10. The first-order valence-electron chi connectivity index (χ1n) is 10.5. The molecule has 1 heterocycles. The fourth-order valence-electron chi connectivity index (χ4n) is 4.88. The lowest BCUT2D eigenvalue weighted by Gasteiger charge is -2.50. The molecule has 3 rings (SSSR count). The lowest BCUT2D eigenvalue weighted by atomic mass is 9.63. The molecule has 1 aliphatic heterocycles. The van der Waals surface area contributed by atoms with Gasteiger partial charge < -0.3 is 14.6 Å². The summed E-state index contributed by atoms with van der Waals surface area (Å²) in [5.41, 5.74) is 1.57. The van der Waals surface area contributed by atoms with E-state index in [1.165, 1.54) is 24.8 Å². The fourth-order valence-corrected chi connectivity index (χ4v) is 5.01. The Morgan fingerprint density at radius 2 is 1.81 bits per heavy atom. The van der Waals surface area contributed by atoms with Crippen LogP contribution in [-0.2, 0) is 14.9 Å². The van der Waals surface area contributed by atoms with Crippen LogP contribution >= 0.6 is 11.6 Å². The predicted molar refractivity (Wildman–Crippen MR) is 109 cm³/mol. The van der Waals surface area contributed by atoms with Crippen LogP contribution in [0, 0.1) is 5.92 Å². The van der Waals surface area contributed by atoms with Crippen LogP contribution in [0.15, 0.2) is 24.3 Å². The smallest absolute Gasteiger partial charge is 0.161 e. The highest BCUT2D eigenvalue weighted by Gasteiger charge is 2.44. The Hall–Kier alpha value is -0.650. The Balaban J connectivity index is 1.77. The molecule has 4 nitrogen and oxygen atoms in total. The Kier molecular flexibility index (Phi) is 7.57. The quantitative estimate of drug-likeness (QED) is 0.635. The molecule has 1 N–H and O–H groups in total. The maximum absolute atomic E-state index is 10.2. The highest BCUT2D eigenvalue weighted by molar-refractivity contribution is 6.30. The second-order valence-corrected chi connectivity index (χ2v) is 8.38. The van der Waals surface area contributed by atoms with Crippen molar-refractivity contribution in [3.05, 3.63) is 34.9 Å². The molecule has 1 aliphatic carbocycles. The molecule has 27 heavy (non-hydrogen) atoms. The number of halogens is 1. The minimum atomic E-state index is -0.229. The number of hydrogen-bond donors (Lipinski definition) is 1. The third kappa shape index (κ3) is 4.68. The first kappa shape index (κ1) is 21.1. The van der Waals surface area contributed by atoms with E-state index in [2.05, 4.69) is 17.0 Å². The second kappa shape index (κ2) is 9.71. The second-order valence-electron chi connectivity index (χ2n) is 7.95. The van der Waals surface area contributed by atoms with Crippen molar-refractivity contribution < 1.29 is 14.6 Å². The van der Waals surface area contributed by atoms with Crippen LogP contribution in [0.2, 0.25) is 5.02 Å². The number of benzene rings is 1. The monoisotopic (exact) mass is 395 g/mol. The molecule has 152 valence electrons. The van der Waals surface area contributed by atoms with E-state index in [1.807, 2.05) is 26.0 Å². The van der Waals surface area contributed by atoms with Gasteiger partial charge in [-0.25, -0.2) is 0 Å². The summed E-state index contributed by atoms with van der Waals surface area (Å²) < 4.78 is 11.8. The van der Waals surface area contributed by atoms with Crippen LogP contribution in [0.25, 0.3) is 0 Å². The lowest BCUT2D eigenvalue weighted by Crippen LogP contribution is -2.57. The van der Waals surface area contributed by atoms with Crippen molar-refractivity contribution in [1.29, 1.82) is 0 Å². The van der Waals surface area contributed by atoms with E-state index in [4.69, 9.17) is 21.1 Å². The Morgan fingerprint density at radius 1 is 1.15 bits per heavy atom. The molecular weight excluding hydrogens is 362 g/mol. The van der Waals surface area contributed by atoms with Crippen LogP contribution in [0.5, 0.6) is 0 Å². The molecule has 5 heteroatoms. The maximum atomic E-state index is 10.2. The molecular formula is C22H34ClNO3. The molecule has 2 atom stereocenters. The van der Waals surface area contributed by atoms with Crippen molar-refractivity contribution in [2.24, 2.45) is 5.92 Å². The minimum absolute atomic E-state index is 0.0895. The van der Waals surface area contributed by atoms with Crippen LogP contribution in [0.3, 0.4) is 0 Å². The van der Waals surface area contributed by atoms with Crippen molar-refractivity contribution in [3.8, 4) is 0 Å². The third-order valence-electron chi connectivity index (χ3n) is 6.42. The van der Waals surface area contributed by atoms with E-state index in [0.29, 0.717) is 13.2 Å². The number of likely N-dealkylation sites (tertiary alicyclic amines) is 1. The zero-order valence-electron chi connectivity index (χ0n) is 16.7. The number of piperidine rings is 1. The van der Waals surface area contributed by atoms with Gasteiger partial charge in [-0.15, -0.1) is 0 Å². The first-order valence-corrected chi connectivity index (χ1v) is 10.9. The fraction of sp³-hybridized carbons (Fsp3) is 0.727. The van der Waals surface area contributed by atoms with Gasteiger partial charge in [0.05, 0.1) is 6.61 Å². The van der Waals surface area contributed by atoms with Gasteiger partial charge in [0.15, 0.2) is 6.29 Å². The predicted octanol–water partition coefficient (Wildman–Crippen LogP) is 4.23. The van der Waals surface area contributed by atoms with Gasteiger partial charge in [-0.2, -0.15) is 0 Å².